The molecule has 0 aliphatic heterocycles. The lowest BCUT2D eigenvalue weighted by Crippen LogP contribution is -2.21. The number of ketones is 1. The van der Waals surface area contributed by atoms with Crippen LogP contribution in [0.3, 0.4) is 0 Å². The molecule has 96 valence electrons. The van der Waals surface area contributed by atoms with Crippen molar-refractivity contribution >= 4 is 5.78 Å². The topological polar surface area (TPSA) is 17.1 Å². The first-order valence-electron chi connectivity index (χ1n) is 6.88. The summed E-state index contributed by atoms with van der Waals surface area (Å²) in [5.41, 5.74) is 5.17. The van der Waals surface area contributed by atoms with Gasteiger partial charge in [-0.25, -0.2) is 0 Å². The highest BCUT2D eigenvalue weighted by atomic mass is 16.1. The standard InChI is InChI=1S/C18H18O/c1-13-6-2-3-7-14(13)11-17(19)12-16-10-15-8-4-5-9-18(15)16/h2-9,16H,10-12H2,1H3. The number of carbonyl (C=O) groups excluding carboxylic acids is 1. The highest BCUT2D eigenvalue weighted by Crippen LogP contribution is 2.37. The first kappa shape index (κ1) is 12.2. The van der Waals surface area contributed by atoms with E-state index in [4.69, 9.17) is 0 Å². The molecule has 0 N–H and O–H groups in total. The van der Waals surface area contributed by atoms with E-state index in [0.717, 1.165) is 6.42 Å². The maximum Gasteiger partial charge on any atom is 0.137 e. The SMILES string of the molecule is Cc1ccccc1CC(=O)CC1Cc2ccccc21. The Balaban J connectivity index is 1.64. The second kappa shape index (κ2) is 5.00. The van der Waals surface area contributed by atoms with Gasteiger partial charge < -0.3 is 0 Å². The maximum atomic E-state index is 12.2. The van der Waals surface area contributed by atoms with Crippen molar-refractivity contribution in [3.8, 4) is 0 Å². The minimum absolute atomic E-state index is 0.355. The Labute approximate surface area is 114 Å². The smallest absolute Gasteiger partial charge is 0.137 e. The van der Waals surface area contributed by atoms with Crippen molar-refractivity contribution in [3.05, 3.63) is 70.8 Å². The lowest BCUT2D eigenvalue weighted by Gasteiger charge is -2.29. The molecule has 3 rings (SSSR count). The Morgan fingerprint density at radius 2 is 1.84 bits per heavy atom. The summed E-state index contributed by atoms with van der Waals surface area (Å²) in [6.45, 7) is 2.07. The molecule has 1 aliphatic carbocycles. The van der Waals surface area contributed by atoms with Gasteiger partial charge >= 0.3 is 0 Å². The summed E-state index contributed by atoms with van der Waals surface area (Å²) < 4.78 is 0. The van der Waals surface area contributed by atoms with Crippen LogP contribution in [0.1, 0.15) is 34.6 Å². The van der Waals surface area contributed by atoms with Crippen molar-refractivity contribution in [1.29, 1.82) is 0 Å². The summed E-state index contributed by atoms with van der Waals surface area (Å²) in [5.74, 6) is 0.807. The third kappa shape index (κ3) is 2.46. The van der Waals surface area contributed by atoms with Gasteiger partial charge in [0.25, 0.3) is 0 Å². The van der Waals surface area contributed by atoms with Gasteiger partial charge in [0.2, 0.25) is 0 Å². The summed E-state index contributed by atoms with van der Waals surface area (Å²) in [6, 6.07) is 16.6. The second-order valence-corrected chi connectivity index (χ2v) is 5.45. The third-order valence-corrected chi connectivity index (χ3v) is 4.08. The zero-order valence-corrected chi connectivity index (χ0v) is 11.2. The lowest BCUT2D eigenvalue weighted by atomic mass is 9.74. The van der Waals surface area contributed by atoms with E-state index in [1.807, 2.05) is 12.1 Å². The highest BCUT2D eigenvalue weighted by Gasteiger charge is 2.27. The first-order valence-corrected chi connectivity index (χ1v) is 6.88. The molecule has 1 atom stereocenters. The minimum atomic E-state index is 0.355. The van der Waals surface area contributed by atoms with Gasteiger partial charge in [-0.1, -0.05) is 48.5 Å². The van der Waals surface area contributed by atoms with Gasteiger partial charge in [0.15, 0.2) is 0 Å². The predicted molar refractivity (Wildman–Crippen MR) is 77.4 cm³/mol. The fraction of sp³-hybridized carbons (Fsp3) is 0.278. The molecule has 0 heterocycles. The quantitative estimate of drug-likeness (QED) is 0.805. The van der Waals surface area contributed by atoms with Gasteiger partial charge in [-0.15, -0.1) is 0 Å². The zero-order chi connectivity index (χ0) is 13.2. The highest BCUT2D eigenvalue weighted by molar-refractivity contribution is 5.82. The van der Waals surface area contributed by atoms with Crippen LogP contribution < -0.4 is 0 Å². The summed E-state index contributed by atoms with van der Waals surface area (Å²) in [5, 5.41) is 0. The Kier molecular flexibility index (Phi) is 3.20. The fourth-order valence-corrected chi connectivity index (χ4v) is 2.91. The molecule has 19 heavy (non-hydrogen) atoms. The number of benzene rings is 2. The fourth-order valence-electron chi connectivity index (χ4n) is 2.91. The van der Waals surface area contributed by atoms with E-state index >= 15 is 0 Å². The predicted octanol–water partition coefficient (Wildman–Crippen LogP) is 3.84. The van der Waals surface area contributed by atoms with Crippen molar-refractivity contribution in [1.82, 2.24) is 0 Å². The van der Waals surface area contributed by atoms with Gasteiger partial charge in [0.05, 0.1) is 0 Å². The lowest BCUT2D eigenvalue weighted by molar-refractivity contribution is -0.118. The second-order valence-electron chi connectivity index (χ2n) is 5.45. The first-order chi connectivity index (χ1) is 9.24. The zero-order valence-electron chi connectivity index (χ0n) is 11.2. The van der Waals surface area contributed by atoms with E-state index in [1.165, 1.54) is 22.3 Å². The third-order valence-electron chi connectivity index (χ3n) is 4.08. The van der Waals surface area contributed by atoms with E-state index in [-0.39, 0.29) is 0 Å². The van der Waals surface area contributed by atoms with E-state index in [1.54, 1.807) is 0 Å². The number of Topliss-reactive ketones (excluding diaryl/α,β-unsaturated/α-hetero) is 1. The van der Waals surface area contributed by atoms with Gasteiger partial charge in [-0.2, -0.15) is 0 Å². The summed E-state index contributed by atoms with van der Waals surface area (Å²) in [4.78, 5) is 12.2. The van der Waals surface area contributed by atoms with Crippen LogP contribution in [-0.2, 0) is 17.6 Å². The van der Waals surface area contributed by atoms with Crippen LogP contribution in [0, 0.1) is 6.92 Å². The summed E-state index contributed by atoms with van der Waals surface area (Å²) in [6.07, 6.45) is 2.33. The van der Waals surface area contributed by atoms with Gasteiger partial charge in [-0.3, -0.25) is 4.79 Å². The van der Waals surface area contributed by atoms with Crippen LogP contribution >= 0.6 is 0 Å². The number of rotatable bonds is 4. The molecule has 0 amide bonds. The number of carbonyl (C=O) groups is 1. The Morgan fingerprint density at radius 1 is 1.11 bits per heavy atom. The molecule has 0 fully saturated rings. The van der Waals surface area contributed by atoms with Crippen molar-refractivity contribution in [2.24, 2.45) is 0 Å². The molecular formula is C18H18O. The van der Waals surface area contributed by atoms with Gasteiger partial charge in [0, 0.05) is 12.8 Å². The monoisotopic (exact) mass is 250 g/mol. The van der Waals surface area contributed by atoms with Crippen molar-refractivity contribution < 1.29 is 4.79 Å². The van der Waals surface area contributed by atoms with Crippen molar-refractivity contribution in [3.63, 3.8) is 0 Å². The molecule has 1 aliphatic rings. The average Bonchev–Trinajstić information content (AvgIpc) is 2.39. The molecule has 1 unspecified atom stereocenters. The summed E-state index contributed by atoms with van der Waals surface area (Å²) >= 11 is 0. The van der Waals surface area contributed by atoms with Crippen LogP contribution in [0.4, 0.5) is 0 Å². The normalized spacial score (nSPS) is 16.6. The van der Waals surface area contributed by atoms with Gasteiger partial charge in [0.1, 0.15) is 5.78 Å². The molecule has 0 bridgehead atoms. The molecule has 1 heteroatoms. The average molecular weight is 250 g/mol. The minimum Gasteiger partial charge on any atom is -0.299 e. The molecule has 2 aromatic carbocycles. The number of hydrogen-bond acceptors (Lipinski definition) is 1. The van der Waals surface area contributed by atoms with Crippen molar-refractivity contribution in [2.45, 2.75) is 32.1 Å². The van der Waals surface area contributed by atoms with Crippen LogP contribution in [0.5, 0.6) is 0 Å². The molecule has 0 saturated heterocycles. The number of aryl methyl sites for hydroxylation is 1. The molecule has 0 aromatic heterocycles. The van der Waals surface area contributed by atoms with Crippen LogP contribution in [0.15, 0.2) is 48.5 Å². The van der Waals surface area contributed by atoms with E-state index in [9.17, 15) is 4.79 Å². The van der Waals surface area contributed by atoms with Crippen LogP contribution in [-0.4, -0.2) is 5.78 Å². The molecule has 0 spiro atoms. The molecule has 0 saturated carbocycles. The molecule has 0 radical (unpaired) electrons. The van der Waals surface area contributed by atoms with Crippen molar-refractivity contribution in [2.75, 3.05) is 0 Å². The Hall–Kier alpha value is -1.89. The van der Waals surface area contributed by atoms with E-state index < -0.39 is 0 Å². The van der Waals surface area contributed by atoms with E-state index in [0.29, 0.717) is 24.5 Å². The number of fused-ring (bicyclic) bond motifs is 1. The Morgan fingerprint density at radius 3 is 2.63 bits per heavy atom. The maximum absolute atomic E-state index is 12.2. The molecule has 2 aromatic rings. The molecule has 1 nitrogen and oxygen atoms in total. The molecular weight excluding hydrogens is 232 g/mol. The number of hydrogen-bond donors (Lipinski definition) is 0. The van der Waals surface area contributed by atoms with Gasteiger partial charge in [-0.05, 0) is 41.5 Å². The summed E-state index contributed by atoms with van der Waals surface area (Å²) in [7, 11) is 0. The largest absolute Gasteiger partial charge is 0.299 e. The van der Waals surface area contributed by atoms with Crippen LogP contribution in [0.2, 0.25) is 0 Å². The van der Waals surface area contributed by atoms with E-state index in [2.05, 4.69) is 43.3 Å². The van der Waals surface area contributed by atoms with Crippen LogP contribution in [0.25, 0.3) is 0 Å². The Bertz CT molecular complexity index is 613.